The number of hydrogen-bond donors (Lipinski definition) is 1. The van der Waals surface area contributed by atoms with Gasteiger partial charge in [-0.2, -0.15) is 0 Å². The van der Waals surface area contributed by atoms with Crippen LogP contribution in [0.15, 0.2) is 48.7 Å². The Bertz CT molecular complexity index is 1320. The van der Waals surface area contributed by atoms with Crippen molar-refractivity contribution in [1.82, 2.24) is 4.90 Å². The van der Waals surface area contributed by atoms with E-state index in [1.54, 1.807) is 24.1 Å². The highest BCUT2D eigenvalue weighted by molar-refractivity contribution is 6.78. The third kappa shape index (κ3) is 6.56. The Morgan fingerprint density at radius 3 is 2.09 bits per heavy atom. The van der Waals surface area contributed by atoms with Gasteiger partial charge < -0.3 is 23.6 Å². The summed E-state index contributed by atoms with van der Waals surface area (Å²) in [5.74, 6) is 0.347. The summed E-state index contributed by atoms with van der Waals surface area (Å²) in [5.41, 5.74) is 2.23. The highest BCUT2D eigenvalue weighted by Crippen LogP contribution is 2.50. The summed E-state index contributed by atoms with van der Waals surface area (Å²) in [7, 11) is -3.49. The van der Waals surface area contributed by atoms with Gasteiger partial charge in [0.05, 0.1) is 24.4 Å². The van der Waals surface area contributed by atoms with Crippen molar-refractivity contribution in [2.45, 2.75) is 123 Å². The number of hydrogen-bond acceptors (Lipinski definition) is 5. The number of methoxy groups -OCH3 is 1. The molecule has 2 amide bonds. The number of benzene rings is 1. The van der Waals surface area contributed by atoms with Crippen LogP contribution in [0.2, 0.25) is 34.8 Å². The number of anilines is 1. The summed E-state index contributed by atoms with van der Waals surface area (Å²) in [5, 5.41) is 10.8. The van der Waals surface area contributed by atoms with Gasteiger partial charge in [0.25, 0.3) is 14.2 Å². The van der Waals surface area contributed by atoms with E-state index in [1.165, 1.54) is 4.90 Å². The van der Waals surface area contributed by atoms with E-state index in [-0.39, 0.29) is 44.7 Å². The molecule has 0 fully saturated rings. The molecule has 10 heteroatoms. The van der Waals surface area contributed by atoms with Crippen molar-refractivity contribution in [3.05, 3.63) is 54.3 Å². The van der Waals surface area contributed by atoms with Gasteiger partial charge in [-0.1, -0.05) is 80.5 Å². The number of amides is 2. The highest BCUT2D eigenvalue weighted by Gasteiger charge is 2.54. The molecule has 2 aliphatic heterocycles. The normalized spacial score (nSPS) is 20.9. The molecule has 0 aromatic heterocycles. The number of carbonyl (C=O) groups is 2. The third-order valence-electron chi connectivity index (χ3n) is 10.2. The fraction of sp³-hybridized carbons (Fsp3) is 0.600. The van der Waals surface area contributed by atoms with Gasteiger partial charge in [0.15, 0.2) is 20.3 Å². The van der Waals surface area contributed by atoms with E-state index in [9.17, 15) is 14.7 Å². The lowest BCUT2D eigenvalue weighted by Gasteiger charge is -2.45. The van der Waals surface area contributed by atoms with Gasteiger partial charge in [-0.15, -0.1) is 6.58 Å². The average Bonchev–Trinajstić information content (AvgIpc) is 3.23. The van der Waals surface area contributed by atoms with Gasteiger partial charge in [0, 0.05) is 18.2 Å². The lowest BCUT2D eigenvalue weighted by Crippen LogP contribution is -2.59. The molecule has 0 bridgehead atoms. The summed E-state index contributed by atoms with van der Waals surface area (Å²) < 4.78 is 20.0. The highest BCUT2D eigenvalue weighted by atomic mass is 28.4. The molecule has 0 saturated carbocycles. The van der Waals surface area contributed by atoms with Gasteiger partial charge in [-0.05, 0) is 59.7 Å². The first kappa shape index (κ1) is 36.6. The summed E-state index contributed by atoms with van der Waals surface area (Å²) in [6.45, 7) is 29.7. The van der Waals surface area contributed by atoms with Crippen molar-refractivity contribution < 1.29 is 28.3 Å². The molecule has 1 N–H and O–H groups in total. The van der Waals surface area contributed by atoms with Crippen LogP contribution in [0, 0.1) is 5.92 Å². The lowest BCUT2D eigenvalue weighted by molar-refractivity contribution is 0.0512. The van der Waals surface area contributed by atoms with E-state index in [4.69, 9.17) is 13.6 Å². The molecule has 8 nitrogen and oxygen atoms in total. The lowest BCUT2D eigenvalue weighted by atomic mass is 9.89. The number of allylic oxidation sites excluding steroid dienone is 3. The van der Waals surface area contributed by atoms with Crippen molar-refractivity contribution in [1.29, 1.82) is 0 Å². The predicted octanol–water partition coefficient (Wildman–Crippen LogP) is 9.57. The SMILES string of the molecule is C=CCC1C(C=CC)=CN2C(=O)c3cc(OC)c(O[Si](C(C)C)(C(C)C)C(C)C)cc3N(C(=O)O)[C@@H](O[Si](C)(C)C(C)(C)C)[C@H]12. The zero-order valence-corrected chi connectivity index (χ0v) is 31.7. The van der Waals surface area contributed by atoms with E-state index in [1.807, 2.05) is 31.4 Å². The van der Waals surface area contributed by atoms with Crippen molar-refractivity contribution in [3.8, 4) is 11.5 Å². The van der Waals surface area contributed by atoms with Gasteiger partial charge >= 0.3 is 6.09 Å². The Morgan fingerprint density at radius 2 is 1.64 bits per heavy atom. The van der Waals surface area contributed by atoms with Crippen LogP contribution in [0.1, 0.15) is 86.0 Å². The van der Waals surface area contributed by atoms with E-state index < -0.39 is 35.0 Å². The Balaban J connectivity index is 2.42. The van der Waals surface area contributed by atoms with Crippen molar-refractivity contribution in [2.24, 2.45) is 5.92 Å². The van der Waals surface area contributed by atoms with E-state index in [2.05, 4.69) is 82.0 Å². The molecule has 0 saturated heterocycles. The molecule has 0 spiro atoms. The zero-order valence-electron chi connectivity index (χ0n) is 29.7. The second-order valence-corrected chi connectivity index (χ2v) is 25.0. The van der Waals surface area contributed by atoms with Gasteiger partial charge in [0.2, 0.25) is 0 Å². The number of carbonyl (C=O) groups excluding carboxylic acids is 1. The Hall–Kier alpha value is -2.83. The van der Waals surface area contributed by atoms with E-state index in [0.717, 1.165) is 5.57 Å². The number of fused-ring (bicyclic) bond motifs is 2. The molecule has 3 rings (SSSR count). The maximum absolute atomic E-state index is 14.6. The number of nitrogens with zero attached hydrogens (tertiary/aromatic N) is 2. The quantitative estimate of drug-likeness (QED) is 0.189. The molecule has 250 valence electrons. The maximum atomic E-state index is 14.6. The van der Waals surface area contributed by atoms with Crippen LogP contribution in [0.3, 0.4) is 0 Å². The van der Waals surface area contributed by atoms with Crippen LogP contribution in [0.5, 0.6) is 11.5 Å². The Labute approximate surface area is 273 Å². The summed E-state index contributed by atoms with van der Waals surface area (Å²) in [6.07, 6.45) is 5.98. The molecular formula is C35H56N2O6Si2. The first-order chi connectivity index (χ1) is 20.8. The standard InChI is InChI=1S/C35H56N2O6Si2/c1-15-17-25-21-36-31(26(25)18-16-2)33(43-44(13,14)35(9,10)11)37(34(39)40)28-20-30(29(41-12)19-27(28)32(36)38)42-45(22(3)4,23(5)6)24(7)8/h15-17,19-24,26,31,33H,2,18H2,1,3-14H3,(H,39,40)/t26?,31-,33-/m0/s1. The minimum absolute atomic E-state index is 0.210. The predicted molar refractivity (Wildman–Crippen MR) is 188 cm³/mol. The van der Waals surface area contributed by atoms with E-state index >= 15 is 0 Å². The third-order valence-corrected chi connectivity index (χ3v) is 20.6. The molecule has 3 atom stereocenters. The van der Waals surface area contributed by atoms with Gasteiger partial charge in [0.1, 0.15) is 5.75 Å². The monoisotopic (exact) mass is 656 g/mol. The molecular weight excluding hydrogens is 601 g/mol. The number of rotatable bonds is 11. The average molecular weight is 657 g/mol. The number of ether oxygens (including phenoxy) is 1. The van der Waals surface area contributed by atoms with Gasteiger partial charge in [-0.25, -0.2) is 9.69 Å². The summed E-state index contributed by atoms with van der Waals surface area (Å²) >= 11 is 0. The molecule has 45 heavy (non-hydrogen) atoms. The van der Waals surface area contributed by atoms with Gasteiger partial charge in [-0.3, -0.25) is 4.79 Å². The fourth-order valence-corrected chi connectivity index (χ4v) is 13.5. The summed E-state index contributed by atoms with van der Waals surface area (Å²) in [4.78, 5) is 31.0. The van der Waals surface area contributed by atoms with E-state index in [0.29, 0.717) is 17.9 Å². The Morgan fingerprint density at radius 1 is 1.07 bits per heavy atom. The largest absolute Gasteiger partial charge is 0.540 e. The van der Waals surface area contributed by atoms with Crippen molar-refractivity contribution >= 4 is 34.3 Å². The molecule has 1 unspecified atom stereocenters. The molecule has 1 aromatic carbocycles. The van der Waals surface area contributed by atoms with Crippen molar-refractivity contribution in [3.63, 3.8) is 0 Å². The van der Waals surface area contributed by atoms with Crippen LogP contribution in [-0.2, 0) is 4.43 Å². The second kappa shape index (κ2) is 13.5. The van der Waals surface area contributed by atoms with Crippen molar-refractivity contribution in [2.75, 3.05) is 12.0 Å². The maximum Gasteiger partial charge on any atom is 0.414 e. The first-order valence-corrected chi connectivity index (χ1v) is 21.2. The smallest absolute Gasteiger partial charge is 0.414 e. The Kier molecular flexibility index (Phi) is 11.0. The molecule has 0 aliphatic carbocycles. The van der Waals surface area contributed by atoms with Crippen LogP contribution in [0.25, 0.3) is 0 Å². The first-order valence-electron chi connectivity index (χ1n) is 16.2. The summed E-state index contributed by atoms with van der Waals surface area (Å²) in [6, 6.07) is 2.75. The fourth-order valence-electron chi connectivity index (χ4n) is 7.02. The minimum atomic E-state index is -2.57. The van der Waals surface area contributed by atoms with Crippen LogP contribution >= 0.6 is 0 Å². The molecule has 1 aromatic rings. The molecule has 2 heterocycles. The molecule has 2 aliphatic rings. The zero-order chi connectivity index (χ0) is 34.2. The number of carboxylic acid groups (broad SMARTS) is 1. The van der Waals surface area contributed by atoms with Crippen LogP contribution in [0.4, 0.5) is 10.5 Å². The minimum Gasteiger partial charge on any atom is -0.540 e. The topological polar surface area (TPSA) is 88.5 Å². The molecule has 0 radical (unpaired) electrons. The van der Waals surface area contributed by atoms with Crippen LogP contribution in [-0.4, -0.2) is 58.0 Å². The van der Waals surface area contributed by atoms with Crippen LogP contribution < -0.4 is 14.1 Å². The second-order valence-electron chi connectivity index (χ2n) is 14.8.